The number of hydrogen-bond donors (Lipinski definition) is 2. The van der Waals surface area contributed by atoms with Gasteiger partial charge in [0, 0.05) is 30.8 Å². The first-order valence-corrected chi connectivity index (χ1v) is 9.14. The number of carbonyl (C=O) groups excluding carboxylic acids is 2. The van der Waals surface area contributed by atoms with Crippen LogP contribution in [0.5, 0.6) is 5.75 Å². The zero-order valence-corrected chi connectivity index (χ0v) is 16.0. The summed E-state index contributed by atoms with van der Waals surface area (Å²) in [4.78, 5) is 26.9. The molecule has 0 aliphatic carbocycles. The van der Waals surface area contributed by atoms with E-state index in [4.69, 9.17) is 16.3 Å². The van der Waals surface area contributed by atoms with Crippen molar-refractivity contribution in [3.63, 3.8) is 0 Å². The van der Waals surface area contributed by atoms with Crippen molar-refractivity contribution < 1.29 is 24.5 Å². The topological polar surface area (TPSA) is 87.1 Å². The SMILES string of the molecule is COCCCN1C(=O)C(=O)/C(=C(/O)c2ccc(Cl)cc2)[C@H]1c1ccc(O)cc1. The molecule has 3 rings (SSSR count). The Hall–Kier alpha value is -2.83. The number of likely N-dealkylation sites (tertiary alicyclic amines) is 1. The number of amides is 1. The molecule has 2 aromatic carbocycles. The van der Waals surface area contributed by atoms with E-state index in [1.807, 2.05) is 0 Å². The van der Waals surface area contributed by atoms with Crippen molar-refractivity contribution in [2.75, 3.05) is 20.3 Å². The molecular weight excluding hydrogens is 382 g/mol. The van der Waals surface area contributed by atoms with Gasteiger partial charge in [-0.2, -0.15) is 0 Å². The number of phenols is 1. The lowest BCUT2D eigenvalue weighted by Crippen LogP contribution is -2.31. The maximum Gasteiger partial charge on any atom is 0.295 e. The Morgan fingerprint density at radius 2 is 1.75 bits per heavy atom. The summed E-state index contributed by atoms with van der Waals surface area (Å²) in [6.45, 7) is 0.726. The van der Waals surface area contributed by atoms with Crippen LogP contribution in [0, 0.1) is 0 Å². The number of ketones is 1. The third-order valence-electron chi connectivity index (χ3n) is 4.61. The number of rotatable bonds is 6. The van der Waals surface area contributed by atoms with Crippen molar-refractivity contribution in [2.45, 2.75) is 12.5 Å². The van der Waals surface area contributed by atoms with Gasteiger partial charge in [-0.05, 0) is 48.4 Å². The van der Waals surface area contributed by atoms with Crippen molar-refractivity contribution in [2.24, 2.45) is 0 Å². The molecule has 0 spiro atoms. The summed E-state index contributed by atoms with van der Waals surface area (Å²) in [6.07, 6.45) is 0.541. The number of aromatic hydroxyl groups is 1. The van der Waals surface area contributed by atoms with Gasteiger partial charge >= 0.3 is 0 Å². The van der Waals surface area contributed by atoms with E-state index in [0.717, 1.165) is 0 Å². The van der Waals surface area contributed by atoms with Crippen LogP contribution < -0.4 is 0 Å². The molecule has 0 saturated carbocycles. The first-order valence-electron chi connectivity index (χ1n) is 8.76. The van der Waals surface area contributed by atoms with Gasteiger partial charge in [0.15, 0.2) is 0 Å². The highest BCUT2D eigenvalue weighted by molar-refractivity contribution is 6.46. The molecule has 28 heavy (non-hydrogen) atoms. The number of halogens is 1. The van der Waals surface area contributed by atoms with Gasteiger partial charge in [0.2, 0.25) is 0 Å². The van der Waals surface area contributed by atoms with Gasteiger partial charge in [-0.1, -0.05) is 23.7 Å². The predicted octanol–water partition coefficient (Wildman–Crippen LogP) is 3.50. The lowest BCUT2D eigenvalue weighted by atomic mass is 9.95. The maximum atomic E-state index is 12.8. The van der Waals surface area contributed by atoms with Crippen LogP contribution in [-0.2, 0) is 14.3 Å². The minimum Gasteiger partial charge on any atom is -0.508 e. The van der Waals surface area contributed by atoms with Crippen LogP contribution in [0.4, 0.5) is 0 Å². The highest BCUT2D eigenvalue weighted by Gasteiger charge is 2.45. The average molecular weight is 402 g/mol. The molecule has 1 aliphatic rings. The second-order valence-corrected chi connectivity index (χ2v) is 6.87. The van der Waals surface area contributed by atoms with Crippen LogP contribution >= 0.6 is 11.6 Å². The van der Waals surface area contributed by atoms with E-state index in [2.05, 4.69) is 0 Å². The van der Waals surface area contributed by atoms with E-state index < -0.39 is 17.7 Å². The summed E-state index contributed by atoms with van der Waals surface area (Å²) in [6, 6.07) is 11.8. The van der Waals surface area contributed by atoms with Gasteiger partial charge in [0.1, 0.15) is 11.5 Å². The fourth-order valence-electron chi connectivity index (χ4n) is 3.26. The molecule has 0 aromatic heterocycles. The molecule has 0 bridgehead atoms. The number of aliphatic hydroxyl groups excluding tert-OH is 1. The van der Waals surface area contributed by atoms with Crippen LogP contribution in [0.3, 0.4) is 0 Å². The third-order valence-corrected chi connectivity index (χ3v) is 4.87. The van der Waals surface area contributed by atoms with Crippen molar-refractivity contribution >= 4 is 29.1 Å². The van der Waals surface area contributed by atoms with Crippen LogP contribution in [0.2, 0.25) is 5.02 Å². The second-order valence-electron chi connectivity index (χ2n) is 6.44. The molecule has 1 saturated heterocycles. The van der Waals surface area contributed by atoms with Crippen LogP contribution in [-0.4, -0.2) is 47.1 Å². The van der Waals surface area contributed by atoms with E-state index in [1.54, 1.807) is 43.5 Å². The minimum atomic E-state index is -0.756. The molecule has 0 radical (unpaired) electrons. The third kappa shape index (κ3) is 3.88. The Morgan fingerprint density at radius 1 is 1.11 bits per heavy atom. The molecule has 1 amide bonds. The molecule has 1 atom stereocenters. The smallest absolute Gasteiger partial charge is 0.295 e. The summed E-state index contributed by atoms with van der Waals surface area (Å²) in [7, 11) is 1.56. The van der Waals surface area contributed by atoms with Crippen molar-refractivity contribution in [1.29, 1.82) is 0 Å². The van der Waals surface area contributed by atoms with Crippen LogP contribution in [0.1, 0.15) is 23.6 Å². The first-order chi connectivity index (χ1) is 13.4. The fourth-order valence-corrected chi connectivity index (χ4v) is 3.38. The number of nitrogens with zero attached hydrogens (tertiary/aromatic N) is 1. The molecule has 1 heterocycles. The number of methoxy groups -OCH3 is 1. The van der Waals surface area contributed by atoms with E-state index in [1.165, 1.54) is 17.0 Å². The average Bonchev–Trinajstić information content (AvgIpc) is 2.94. The molecule has 0 unspecified atom stereocenters. The molecule has 1 fully saturated rings. The number of ether oxygens (including phenoxy) is 1. The molecule has 1 aliphatic heterocycles. The largest absolute Gasteiger partial charge is 0.508 e. The Bertz CT molecular complexity index is 905. The number of benzene rings is 2. The number of hydrogen-bond acceptors (Lipinski definition) is 5. The van der Waals surface area contributed by atoms with Crippen molar-refractivity contribution in [1.82, 2.24) is 4.90 Å². The summed E-state index contributed by atoms with van der Waals surface area (Å²) in [5.74, 6) is -1.62. The van der Waals surface area contributed by atoms with Crippen molar-refractivity contribution in [3.8, 4) is 5.75 Å². The monoisotopic (exact) mass is 401 g/mol. The molecule has 6 nitrogen and oxygen atoms in total. The predicted molar refractivity (Wildman–Crippen MR) is 105 cm³/mol. The highest BCUT2D eigenvalue weighted by Crippen LogP contribution is 2.39. The van der Waals surface area contributed by atoms with Gasteiger partial charge in [-0.3, -0.25) is 9.59 Å². The van der Waals surface area contributed by atoms with E-state index in [-0.39, 0.29) is 17.1 Å². The highest BCUT2D eigenvalue weighted by atomic mass is 35.5. The standard InChI is InChI=1S/C21H20ClNO5/c1-28-12-2-11-23-18(13-5-9-16(24)10-6-13)17(20(26)21(23)27)19(25)14-3-7-15(22)8-4-14/h3-10,18,24-25H,2,11-12H2,1H3/b19-17+/t18-/m1/s1. The normalized spacial score (nSPS) is 18.6. The van der Waals surface area contributed by atoms with Crippen molar-refractivity contribution in [3.05, 3.63) is 70.3 Å². The molecular formula is C21H20ClNO5. The van der Waals surface area contributed by atoms with Gasteiger partial charge < -0.3 is 19.8 Å². The Kier molecular flexibility index (Phi) is 6.02. The Morgan fingerprint density at radius 3 is 2.36 bits per heavy atom. The number of Topliss-reactive ketones (excluding diaryl/α,β-unsaturated/α-hetero) is 1. The summed E-state index contributed by atoms with van der Waals surface area (Å²) >= 11 is 5.90. The fraction of sp³-hybridized carbons (Fsp3) is 0.238. The van der Waals surface area contributed by atoms with Gasteiger partial charge in [0.25, 0.3) is 11.7 Å². The molecule has 146 valence electrons. The van der Waals surface area contributed by atoms with Crippen LogP contribution in [0.15, 0.2) is 54.1 Å². The molecule has 7 heteroatoms. The van der Waals surface area contributed by atoms with Gasteiger partial charge in [-0.25, -0.2) is 0 Å². The minimum absolute atomic E-state index is 0.00966. The van der Waals surface area contributed by atoms with Crippen LogP contribution in [0.25, 0.3) is 5.76 Å². The Labute approximate surface area is 167 Å². The quantitative estimate of drug-likeness (QED) is 0.335. The first kappa shape index (κ1) is 19.9. The van der Waals surface area contributed by atoms with Gasteiger partial charge in [0.05, 0.1) is 11.6 Å². The summed E-state index contributed by atoms with van der Waals surface area (Å²) < 4.78 is 5.05. The second kappa shape index (κ2) is 8.46. The summed E-state index contributed by atoms with van der Waals surface area (Å²) in [5, 5.41) is 20.9. The molecule has 2 N–H and O–H groups in total. The van der Waals surface area contributed by atoms with E-state index >= 15 is 0 Å². The lowest BCUT2D eigenvalue weighted by molar-refractivity contribution is -0.140. The maximum absolute atomic E-state index is 12.8. The van der Waals surface area contributed by atoms with E-state index in [9.17, 15) is 19.8 Å². The number of phenolic OH excluding ortho intramolecular Hbond substituents is 1. The number of carbonyl (C=O) groups is 2. The molecule has 2 aromatic rings. The number of aliphatic hydroxyl groups is 1. The zero-order valence-electron chi connectivity index (χ0n) is 15.3. The zero-order chi connectivity index (χ0) is 20.3. The Balaban J connectivity index is 2.10. The summed E-state index contributed by atoms with van der Waals surface area (Å²) in [5.41, 5.74) is 1.02. The van der Waals surface area contributed by atoms with E-state index in [0.29, 0.717) is 35.7 Å². The lowest BCUT2D eigenvalue weighted by Gasteiger charge is -2.25. The van der Waals surface area contributed by atoms with Gasteiger partial charge in [-0.15, -0.1) is 0 Å².